The maximum Gasteiger partial charge on any atom is 0.410 e. The van der Waals surface area contributed by atoms with E-state index in [9.17, 15) is 23.1 Å². The van der Waals surface area contributed by atoms with E-state index in [2.05, 4.69) is 18.5 Å². The topological polar surface area (TPSA) is 135 Å². The van der Waals surface area contributed by atoms with Crippen LogP contribution < -0.4 is 10.1 Å². The molecule has 0 unspecified atom stereocenters. The van der Waals surface area contributed by atoms with Gasteiger partial charge in [0.05, 0.1) is 38.1 Å². The predicted octanol–water partition coefficient (Wildman–Crippen LogP) is 5.93. The number of nitrogens with zero attached hydrogens (tertiary/aromatic N) is 2. The average Bonchev–Trinajstić information content (AvgIpc) is 3.51. The molecule has 0 heterocycles. The van der Waals surface area contributed by atoms with Gasteiger partial charge in [0.2, 0.25) is 21.7 Å². The number of amides is 2. The van der Waals surface area contributed by atoms with E-state index in [1.165, 1.54) is 31.2 Å². The Balaban J connectivity index is 2.14. The predicted molar refractivity (Wildman–Crippen MR) is 200 cm³/mol. The normalized spacial score (nSPS) is 16.7. The first-order valence-corrected chi connectivity index (χ1v) is 19.2. The van der Waals surface area contributed by atoms with E-state index >= 15 is 0 Å². The van der Waals surface area contributed by atoms with Crippen molar-refractivity contribution < 1.29 is 37.3 Å². The Morgan fingerprint density at radius 2 is 1.76 bits per heavy atom. The van der Waals surface area contributed by atoms with Crippen molar-refractivity contribution in [3.63, 3.8) is 0 Å². The number of carbonyl (C=O) groups excluding carboxylic acids is 2. The van der Waals surface area contributed by atoms with Crippen LogP contribution in [0.1, 0.15) is 82.5 Å². The van der Waals surface area contributed by atoms with Gasteiger partial charge in [-0.2, -0.15) is 4.31 Å². The molecule has 12 heteroatoms. The zero-order valence-corrected chi connectivity index (χ0v) is 31.9. The smallest absolute Gasteiger partial charge is 0.410 e. The average molecular weight is 728 g/mol. The second-order valence-electron chi connectivity index (χ2n) is 14.0. The van der Waals surface area contributed by atoms with E-state index < -0.39 is 58.1 Å². The minimum Gasteiger partial charge on any atom is -0.496 e. The van der Waals surface area contributed by atoms with Gasteiger partial charge in [-0.3, -0.25) is 9.69 Å². The Kier molecular flexibility index (Phi) is 15.3. The number of para-hydroxylation sites is 1. The molecule has 1 aliphatic rings. The molecule has 282 valence electrons. The highest BCUT2D eigenvalue weighted by Gasteiger charge is 2.46. The number of benzene rings is 2. The van der Waals surface area contributed by atoms with Crippen LogP contribution in [0.5, 0.6) is 5.75 Å². The molecule has 0 saturated heterocycles. The summed E-state index contributed by atoms with van der Waals surface area (Å²) in [4.78, 5) is 29.8. The number of hydrogen-bond donors (Lipinski definition) is 2. The number of hydrogen-bond acceptors (Lipinski definition) is 8. The number of aryl methyl sites for hydroxylation is 1. The Bertz CT molecular complexity index is 1590. The molecular weight excluding hydrogens is 671 g/mol. The molecule has 11 nitrogen and oxygen atoms in total. The fourth-order valence-electron chi connectivity index (χ4n) is 6.32. The number of likely N-dealkylation sites (N-methyl/N-ethyl adjacent to an activating group) is 1. The fraction of sp³-hybridized carbons (Fsp3) is 0.538. The molecule has 0 aromatic heterocycles. The number of nitrogens with one attached hydrogen (secondary N) is 1. The van der Waals surface area contributed by atoms with Crippen molar-refractivity contribution in [2.45, 2.75) is 102 Å². The van der Waals surface area contributed by atoms with Crippen LogP contribution >= 0.6 is 0 Å². The SMILES string of the molecule is C=CCO[C@](O)(CN(C(=O)OC(C)(C)C)[C@H]1CCc2ccccc21)[C@H](Cc1ccccc1OC)NC(=O)[C@H](CC=C)N(C)S(=O)(=O)CCCCC. The molecule has 1 aliphatic carbocycles. The summed E-state index contributed by atoms with van der Waals surface area (Å²) >= 11 is 0. The van der Waals surface area contributed by atoms with Gasteiger partial charge in [0.1, 0.15) is 17.4 Å². The summed E-state index contributed by atoms with van der Waals surface area (Å²) in [5, 5.41) is 15.7. The summed E-state index contributed by atoms with van der Waals surface area (Å²) in [6, 6.07) is 12.2. The molecule has 3 rings (SSSR count). The Morgan fingerprint density at radius 1 is 1.08 bits per heavy atom. The third-order valence-corrected chi connectivity index (χ3v) is 10.9. The van der Waals surface area contributed by atoms with Gasteiger partial charge in [0.25, 0.3) is 0 Å². The number of fused-ring (bicyclic) bond motifs is 1. The van der Waals surface area contributed by atoms with E-state index in [0.29, 0.717) is 24.2 Å². The van der Waals surface area contributed by atoms with Crippen molar-refractivity contribution in [3.8, 4) is 5.75 Å². The first kappa shape index (κ1) is 41.7. The number of unbranched alkanes of at least 4 members (excludes halogenated alkanes) is 2. The zero-order chi connectivity index (χ0) is 37.8. The van der Waals surface area contributed by atoms with Crippen LogP contribution in [0.25, 0.3) is 0 Å². The molecule has 0 bridgehead atoms. The van der Waals surface area contributed by atoms with Crippen LogP contribution in [0.3, 0.4) is 0 Å². The van der Waals surface area contributed by atoms with Gasteiger partial charge >= 0.3 is 6.09 Å². The molecule has 2 amide bonds. The minimum absolute atomic E-state index is 0.000577. The van der Waals surface area contributed by atoms with Crippen molar-refractivity contribution in [1.29, 1.82) is 0 Å². The van der Waals surface area contributed by atoms with Gasteiger partial charge in [0.15, 0.2) is 0 Å². The van der Waals surface area contributed by atoms with Crippen molar-refractivity contribution in [2.24, 2.45) is 0 Å². The van der Waals surface area contributed by atoms with Gasteiger partial charge in [-0.05, 0) is 69.2 Å². The van der Waals surface area contributed by atoms with Crippen LogP contribution in [0, 0.1) is 0 Å². The highest BCUT2D eigenvalue weighted by Crippen LogP contribution is 2.38. The highest BCUT2D eigenvalue weighted by atomic mass is 32.2. The molecule has 2 aromatic rings. The summed E-state index contributed by atoms with van der Waals surface area (Å²) in [5.41, 5.74) is 1.81. The molecule has 0 saturated carbocycles. The van der Waals surface area contributed by atoms with Crippen LogP contribution in [-0.2, 0) is 37.1 Å². The van der Waals surface area contributed by atoms with Crippen LogP contribution in [0.4, 0.5) is 4.79 Å². The first-order valence-electron chi connectivity index (χ1n) is 17.6. The number of sulfonamides is 1. The van der Waals surface area contributed by atoms with E-state index in [-0.39, 0.29) is 25.2 Å². The maximum absolute atomic E-state index is 14.3. The summed E-state index contributed by atoms with van der Waals surface area (Å²) in [7, 11) is -0.910. The van der Waals surface area contributed by atoms with Crippen molar-refractivity contribution in [2.75, 3.05) is 33.1 Å². The van der Waals surface area contributed by atoms with Gasteiger partial charge in [0, 0.05) is 13.5 Å². The van der Waals surface area contributed by atoms with Gasteiger partial charge in [-0.25, -0.2) is 13.2 Å². The van der Waals surface area contributed by atoms with E-state index in [0.717, 1.165) is 34.7 Å². The highest BCUT2D eigenvalue weighted by molar-refractivity contribution is 7.89. The molecular formula is C39H57N3O8S. The van der Waals surface area contributed by atoms with Gasteiger partial charge < -0.3 is 24.6 Å². The molecule has 51 heavy (non-hydrogen) atoms. The Labute approximate surface area is 304 Å². The zero-order valence-electron chi connectivity index (χ0n) is 31.1. The summed E-state index contributed by atoms with van der Waals surface area (Å²) in [6.07, 6.45) is 5.66. The monoisotopic (exact) mass is 727 g/mol. The summed E-state index contributed by atoms with van der Waals surface area (Å²) in [6.45, 7) is 14.3. The van der Waals surface area contributed by atoms with Gasteiger partial charge in [-0.15, -0.1) is 13.2 Å². The lowest BCUT2D eigenvalue weighted by molar-refractivity contribution is -0.226. The lowest BCUT2D eigenvalue weighted by atomic mass is 9.95. The molecule has 2 N–H and O–H groups in total. The second-order valence-corrected chi connectivity index (χ2v) is 16.1. The first-order chi connectivity index (χ1) is 24.1. The quantitative estimate of drug-likeness (QED) is 0.0974. The second kappa shape index (κ2) is 18.7. The number of aliphatic hydroxyl groups is 1. The van der Waals surface area contributed by atoms with Gasteiger partial charge in [-0.1, -0.05) is 74.4 Å². The lowest BCUT2D eigenvalue weighted by Gasteiger charge is -2.42. The molecule has 2 aromatic carbocycles. The Morgan fingerprint density at radius 3 is 2.41 bits per heavy atom. The number of rotatable bonds is 20. The number of methoxy groups -OCH3 is 1. The molecule has 0 aliphatic heterocycles. The van der Waals surface area contributed by atoms with Crippen molar-refractivity contribution in [1.82, 2.24) is 14.5 Å². The largest absolute Gasteiger partial charge is 0.496 e. The number of carbonyl (C=O) groups is 2. The molecule has 0 fully saturated rings. The maximum atomic E-state index is 14.3. The fourth-order valence-corrected chi connectivity index (χ4v) is 7.74. The summed E-state index contributed by atoms with van der Waals surface area (Å²) in [5.74, 6) is -2.48. The van der Waals surface area contributed by atoms with Crippen molar-refractivity contribution >= 4 is 22.0 Å². The Hall–Kier alpha value is -3.71. The van der Waals surface area contributed by atoms with Crippen molar-refractivity contribution in [3.05, 3.63) is 90.5 Å². The lowest BCUT2D eigenvalue weighted by Crippen LogP contribution is -2.63. The van der Waals surface area contributed by atoms with E-state index in [1.807, 2.05) is 31.2 Å². The van der Waals surface area contributed by atoms with Crippen LogP contribution in [0.2, 0.25) is 0 Å². The standard InChI is InChI=1S/C39H57N3O8S/c1-9-12-17-26-51(46,47)41(7)33(18-10-2)36(43)40-35(27-30-20-14-16-22-34(30)48-8)39(45,49-25-11-3)28-42(37(44)50-38(4,5)6)32-24-23-29-19-13-15-21-31(29)32/h10-11,13-16,19-22,32-33,35,45H,2-3,9,12,17-18,23-28H2,1,4-8H3,(H,40,43)/t32-,33-,35-,39+/m0/s1. The van der Waals surface area contributed by atoms with Crippen LogP contribution in [0.15, 0.2) is 73.8 Å². The summed E-state index contributed by atoms with van der Waals surface area (Å²) < 4.78 is 45.5. The number of ether oxygens (including phenoxy) is 3. The third-order valence-electron chi connectivity index (χ3n) is 9.01. The van der Waals surface area contributed by atoms with E-state index in [1.54, 1.807) is 45.0 Å². The minimum atomic E-state index is -3.81. The van der Waals surface area contributed by atoms with E-state index in [4.69, 9.17) is 14.2 Å². The van der Waals surface area contributed by atoms with Crippen LogP contribution in [-0.4, -0.2) is 91.3 Å². The molecule has 0 spiro atoms. The molecule has 0 radical (unpaired) electrons. The molecule has 4 atom stereocenters. The third kappa shape index (κ3) is 11.4.